The molecule has 0 atom stereocenters. The molecule has 1 N–H and O–H groups in total. The van der Waals surface area contributed by atoms with E-state index in [1.54, 1.807) is 12.1 Å². The Morgan fingerprint density at radius 3 is 2.56 bits per heavy atom. The van der Waals surface area contributed by atoms with Crippen molar-refractivity contribution in [2.45, 2.75) is 13.5 Å². The van der Waals surface area contributed by atoms with Gasteiger partial charge in [0.05, 0.1) is 12.1 Å². The van der Waals surface area contributed by atoms with Gasteiger partial charge in [-0.15, -0.1) is 0 Å². The molecule has 0 saturated carbocycles. The van der Waals surface area contributed by atoms with Crippen LogP contribution in [0.2, 0.25) is 0 Å². The summed E-state index contributed by atoms with van der Waals surface area (Å²) >= 11 is 0. The first-order valence-electron chi connectivity index (χ1n) is 7.84. The molecule has 3 aromatic rings. The first-order chi connectivity index (χ1) is 12.0. The van der Waals surface area contributed by atoms with E-state index < -0.39 is 0 Å². The number of benzene rings is 2. The quantitative estimate of drug-likeness (QED) is 0.791. The summed E-state index contributed by atoms with van der Waals surface area (Å²) in [5.41, 5.74) is 2.53. The van der Waals surface area contributed by atoms with Gasteiger partial charge in [0.15, 0.2) is 0 Å². The van der Waals surface area contributed by atoms with E-state index in [1.165, 1.54) is 35.0 Å². The van der Waals surface area contributed by atoms with Gasteiger partial charge in [0.2, 0.25) is 0 Å². The van der Waals surface area contributed by atoms with Crippen molar-refractivity contribution in [3.63, 3.8) is 0 Å². The molecule has 0 bridgehead atoms. The zero-order valence-electron chi connectivity index (χ0n) is 13.7. The molecular weight excluding hydrogens is 319 g/mol. The van der Waals surface area contributed by atoms with Gasteiger partial charge in [-0.3, -0.25) is 9.59 Å². The molecule has 0 radical (unpaired) electrons. The number of halogens is 1. The highest BCUT2D eigenvalue weighted by molar-refractivity contribution is 6.04. The second-order valence-corrected chi connectivity index (χ2v) is 5.83. The summed E-state index contributed by atoms with van der Waals surface area (Å²) in [6.07, 6.45) is 1.48. The maximum absolute atomic E-state index is 13.3. The van der Waals surface area contributed by atoms with Gasteiger partial charge in [0.1, 0.15) is 5.82 Å². The molecular formula is C20H17FN2O2. The van der Waals surface area contributed by atoms with Gasteiger partial charge < -0.3 is 9.88 Å². The predicted octanol–water partition coefficient (Wildman–Crippen LogP) is 3.60. The van der Waals surface area contributed by atoms with Crippen molar-refractivity contribution in [3.05, 3.63) is 99.7 Å². The number of carbonyl (C=O) groups is 1. The molecule has 0 saturated heterocycles. The Bertz CT molecular complexity index is 962. The van der Waals surface area contributed by atoms with Crippen LogP contribution in [0.15, 0.2) is 71.7 Å². The van der Waals surface area contributed by atoms with E-state index in [4.69, 9.17) is 0 Å². The number of amides is 1. The predicted molar refractivity (Wildman–Crippen MR) is 95.3 cm³/mol. The van der Waals surface area contributed by atoms with Crippen molar-refractivity contribution in [1.82, 2.24) is 4.57 Å². The Morgan fingerprint density at radius 1 is 1.08 bits per heavy atom. The fourth-order valence-corrected chi connectivity index (χ4v) is 2.46. The topological polar surface area (TPSA) is 51.1 Å². The zero-order chi connectivity index (χ0) is 17.8. The lowest BCUT2D eigenvalue weighted by Gasteiger charge is -2.09. The van der Waals surface area contributed by atoms with Crippen LogP contribution < -0.4 is 10.9 Å². The van der Waals surface area contributed by atoms with Crippen molar-refractivity contribution in [2.75, 3.05) is 5.32 Å². The van der Waals surface area contributed by atoms with Gasteiger partial charge in [0.25, 0.3) is 11.5 Å². The second kappa shape index (κ2) is 7.13. The van der Waals surface area contributed by atoms with Crippen LogP contribution in [0.5, 0.6) is 0 Å². The average Bonchev–Trinajstić information content (AvgIpc) is 2.59. The van der Waals surface area contributed by atoms with Crippen LogP contribution in [-0.2, 0) is 6.54 Å². The SMILES string of the molecule is Cc1ccc(NC(=O)c2ccc(=O)n(Cc3cccc(F)c3)c2)cc1. The van der Waals surface area contributed by atoms with Crippen LogP contribution in [-0.4, -0.2) is 10.5 Å². The van der Waals surface area contributed by atoms with Gasteiger partial charge in [-0.2, -0.15) is 0 Å². The molecule has 0 aliphatic carbocycles. The van der Waals surface area contributed by atoms with Crippen LogP contribution in [0.25, 0.3) is 0 Å². The molecule has 0 aliphatic heterocycles. The number of pyridine rings is 1. The summed E-state index contributed by atoms with van der Waals surface area (Å²) in [7, 11) is 0. The fourth-order valence-electron chi connectivity index (χ4n) is 2.46. The van der Waals surface area contributed by atoms with E-state index in [1.807, 2.05) is 31.2 Å². The van der Waals surface area contributed by atoms with E-state index in [9.17, 15) is 14.0 Å². The molecule has 0 spiro atoms. The largest absolute Gasteiger partial charge is 0.322 e. The lowest BCUT2D eigenvalue weighted by atomic mass is 10.2. The van der Waals surface area contributed by atoms with Crippen LogP contribution in [0.4, 0.5) is 10.1 Å². The minimum atomic E-state index is -0.362. The number of aromatic nitrogens is 1. The van der Waals surface area contributed by atoms with Gasteiger partial charge in [-0.1, -0.05) is 29.8 Å². The Labute approximate surface area is 144 Å². The summed E-state index contributed by atoms with van der Waals surface area (Å²) in [6, 6.07) is 16.3. The molecule has 1 aromatic heterocycles. The summed E-state index contributed by atoms with van der Waals surface area (Å²) in [5.74, 6) is -0.671. The van der Waals surface area contributed by atoms with Gasteiger partial charge >= 0.3 is 0 Å². The molecule has 3 rings (SSSR count). The molecule has 1 heterocycles. The highest BCUT2D eigenvalue weighted by Gasteiger charge is 2.09. The number of carbonyl (C=O) groups excluding carboxylic acids is 1. The number of anilines is 1. The summed E-state index contributed by atoms with van der Waals surface area (Å²) in [6.45, 7) is 2.16. The molecule has 4 nitrogen and oxygen atoms in total. The normalized spacial score (nSPS) is 10.5. The van der Waals surface area contributed by atoms with Crippen LogP contribution in [0, 0.1) is 12.7 Å². The monoisotopic (exact) mass is 336 g/mol. The van der Waals surface area contributed by atoms with Crippen molar-refractivity contribution in [1.29, 1.82) is 0 Å². The Kier molecular flexibility index (Phi) is 4.75. The molecule has 25 heavy (non-hydrogen) atoms. The highest BCUT2D eigenvalue weighted by atomic mass is 19.1. The van der Waals surface area contributed by atoms with E-state index in [-0.39, 0.29) is 23.8 Å². The highest BCUT2D eigenvalue weighted by Crippen LogP contribution is 2.11. The maximum Gasteiger partial charge on any atom is 0.257 e. The first kappa shape index (κ1) is 16.6. The number of hydrogen-bond donors (Lipinski definition) is 1. The molecule has 126 valence electrons. The van der Waals surface area contributed by atoms with Gasteiger partial charge in [-0.05, 0) is 42.8 Å². The lowest BCUT2D eigenvalue weighted by Crippen LogP contribution is -2.22. The molecule has 5 heteroatoms. The summed E-state index contributed by atoms with van der Waals surface area (Å²) in [4.78, 5) is 24.4. The number of aryl methyl sites for hydroxylation is 1. The zero-order valence-corrected chi connectivity index (χ0v) is 13.7. The van der Waals surface area contributed by atoms with Crippen LogP contribution >= 0.6 is 0 Å². The van der Waals surface area contributed by atoms with Gasteiger partial charge in [-0.25, -0.2) is 4.39 Å². The third kappa shape index (κ3) is 4.20. The van der Waals surface area contributed by atoms with E-state index in [0.717, 1.165) is 5.56 Å². The van der Waals surface area contributed by atoms with Crippen molar-refractivity contribution in [2.24, 2.45) is 0 Å². The minimum Gasteiger partial charge on any atom is -0.322 e. The smallest absolute Gasteiger partial charge is 0.257 e. The Morgan fingerprint density at radius 2 is 1.84 bits per heavy atom. The third-order valence-corrected chi connectivity index (χ3v) is 3.80. The first-order valence-corrected chi connectivity index (χ1v) is 7.84. The number of hydrogen-bond acceptors (Lipinski definition) is 2. The Hall–Kier alpha value is -3.21. The molecule has 1 amide bonds. The summed E-state index contributed by atoms with van der Waals surface area (Å²) < 4.78 is 14.7. The van der Waals surface area contributed by atoms with E-state index in [2.05, 4.69) is 5.32 Å². The minimum absolute atomic E-state index is 0.197. The van der Waals surface area contributed by atoms with E-state index in [0.29, 0.717) is 16.8 Å². The van der Waals surface area contributed by atoms with Gasteiger partial charge in [0, 0.05) is 18.0 Å². The number of nitrogens with zero attached hydrogens (tertiary/aromatic N) is 1. The maximum atomic E-state index is 13.3. The molecule has 0 unspecified atom stereocenters. The molecule has 2 aromatic carbocycles. The number of nitrogens with one attached hydrogen (secondary N) is 1. The van der Waals surface area contributed by atoms with Crippen molar-refractivity contribution >= 4 is 11.6 Å². The Balaban J connectivity index is 1.82. The second-order valence-electron chi connectivity index (χ2n) is 5.83. The van der Waals surface area contributed by atoms with Crippen molar-refractivity contribution < 1.29 is 9.18 Å². The van der Waals surface area contributed by atoms with Crippen LogP contribution in [0.1, 0.15) is 21.5 Å². The average molecular weight is 336 g/mol. The number of rotatable bonds is 4. The fraction of sp³-hybridized carbons (Fsp3) is 0.100. The van der Waals surface area contributed by atoms with Crippen molar-refractivity contribution in [3.8, 4) is 0 Å². The van der Waals surface area contributed by atoms with Crippen LogP contribution in [0.3, 0.4) is 0 Å². The third-order valence-electron chi connectivity index (χ3n) is 3.80. The lowest BCUT2D eigenvalue weighted by molar-refractivity contribution is 0.102. The van der Waals surface area contributed by atoms with E-state index >= 15 is 0 Å². The summed E-state index contributed by atoms with van der Waals surface area (Å²) in [5, 5.41) is 2.79. The molecule has 0 fully saturated rings. The molecule has 0 aliphatic rings. The standard InChI is InChI=1S/C20H17FN2O2/c1-14-5-8-18(9-6-14)22-20(25)16-7-10-19(24)23(13-16)12-15-3-2-4-17(21)11-15/h2-11,13H,12H2,1H3,(H,22,25).